The molecule has 1 N–H and O–H groups in total. The first-order valence-corrected chi connectivity index (χ1v) is 3.73. The van der Waals surface area contributed by atoms with Crippen molar-refractivity contribution < 1.29 is 14.7 Å². The van der Waals surface area contributed by atoms with E-state index in [0.717, 1.165) is 0 Å². The largest absolute Gasteiger partial charge is 0.393 e. The molecule has 3 nitrogen and oxygen atoms in total. The molecule has 0 aromatic heterocycles. The van der Waals surface area contributed by atoms with Gasteiger partial charge in [0.15, 0.2) is 5.78 Å². The van der Waals surface area contributed by atoms with E-state index in [1.807, 2.05) is 0 Å². The fourth-order valence-electron chi connectivity index (χ4n) is 1.01. The molecule has 0 heterocycles. The van der Waals surface area contributed by atoms with Gasteiger partial charge in [0.25, 0.3) is 0 Å². The molecule has 0 amide bonds. The summed E-state index contributed by atoms with van der Waals surface area (Å²) in [6.45, 7) is 4.53. The predicted octanol–water partition coefficient (Wildman–Crippen LogP) is 0.551. The summed E-state index contributed by atoms with van der Waals surface area (Å²) in [4.78, 5) is 21.6. The average molecular weight is 158 g/mol. The zero-order valence-electron chi connectivity index (χ0n) is 7.13. The first kappa shape index (κ1) is 10.3. The smallest absolute Gasteiger partial charge is 0.203 e. The SMILES string of the molecule is CCC(C(=O)C(C)=O)C(C)O. The lowest BCUT2D eigenvalue weighted by Crippen LogP contribution is -2.29. The summed E-state index contributed by atoms with van der Waals surface area (Å²) in [7, 11) is 0. The zero-order valence-corrected chi connectivity index (χ0v) is 7.13. The molecule has 0 saturated heterocycles. The molecule has 11 heavy (non-hydrogen) atoms. The van der Waals surface area contributed by atoms with Crippen LogP contribution in [0.4, 0.5) is 0 Å². The van der Waals surface area contributed by atoms with Gasteiger partial charge in [-0.15, -0.1) is 0 Å². The fraction of sp³-hybridized carbons (Fsp3) is 0.750. The van der Waals surface area contributed by atoms with Crippen molar-refractivity contribution in [1.82, 2.24) is 0 Å². The van der Waals surface area contributed by atoms with Gasteiger partial charge in [-0.25, -0.2) is 0 Å². The normalized spacial score (nSPS) is 15.6. The Morgan fingerprint density at radius 2 is 1.91 bits per heavy atom. The second-order valence-corrected chi connectivity index (χ2v) is 2.68. The number of aliphatic hydroxyl groups is 1. The predicted molar refractivity (Wildman–Crippen MR) is 41.1 cm³/mol. The number of ketones is 2. The molecular weight excluding hydrogens is 144 g/mol. The Balaban J connectivity index is 4.26. The summed E-state index contributed by atoms with van der Waals surface area (Å²) in [5.41, 5.74) is 0. The maximum absolute atomic E-state index is 11.0. The molecule has 0 aliphatic heterocycles. The van der Waals surface area contributed by atoms with Crippen molar-refractivity contribution in [2.45, 2.75) is 33.3 Å². The van der Waals surface area contributed by atoms with E-state index in [0.29, 0.717) is 6.42 Å². The molecule has 0 aliphatic carbocycles. The Kier molecular flexibility index (Phi) is 3.97. The van der Waals surface area contributed by atoms with Crippen LogP contribution >= 0.6 is 0 Å². The van der Waals surface area contributed by atoms with E-state index in [4.69, 9.17) is 5.11 Å². The Morgan fingerprint density at radius 1 is 1.45 bits per heavy atom. The van der Waals surface area contributed by atoms with Crippen LogP contribution in [0.15, 0.2) is 0 Å². The molecule has 0 aromatic carbocycles. The Morgan fingerprint density at radius 3 is 2.00 bits per heavy atom. The summed E-state index contributed by atoms with van der Waals surface area (Å²) < 4.78 is 0. The minimum Gasteiger partial charge on any atom is -0.393 e. The second kappa shape index (κ2) is 4.23. The summed E-state index contributed by atoms with van der Waals surface area (Å²) in [6.07, 6.45) is -0.216. The van der Waals surface area contributed by atoms with Gasteiger partial charge < -0.3 is 5.11 Å². The number of aliphatic hydroxyl groups excluding tert-OH is 1. The topological polar surface area (TPSA) is 54.4 Å². The highest BCUT2D eigenvalue weighted by Gasteiger charge is 2.24. The quantitative estimate of drug-likeness (QED) is 0.608. The first-order valence-electron chi connectivity index (χ1n) is 3.73. The molecule has 0 aromatic rings. The van der Waals surface area contributed by atoms with E-state index < -0.39 is 23.6 Å². The van der Waals surface area contributed by atoms with Crippen LogP contribution < -0.4 is 0 Å². The van der Waals surface area contributed by atoms with Gasteiger partial charge in [-0.05, 0) is 13.3 Å². The lowest BCUT2D eigenvalue weighted by atomic mass is 9.94. The average Bonchev–Trinajstić information content (AvgIpc) is 1.88. The molecule has 0 rings (SSSR count). The first-order chi connectivity index (χ1) is 5.00. The highest BCUT2D eigenvalue weighted by Crippen LogP contribution is 2.09. The van der Waals surface area contributed by atoms with E-state index in [9.17, 15) is 9.59 Å². The molecule has 3 heteroatoms. The standard InChI is InChI=1S/C8H14O3/c1-4-7(5(2)9)8(11)6(3)10/h5,7,9H,4H2,1-3H3. The van der Waals surface area contributed by atoms with E-state index in [-0.39, 0.29) is 0 Å². The number of rotatable bonds is 4. The molecular formula is C8H14O3. The van der Waals surface area contributed by atoms with Crippen LogP contribution in [0.3, 0.4) is 0 Å². The van der Waals surface area contributed by atoms with Crippen molar-refractivity contribution in [1.29, 1.82) is 0 Å². The van der Waals surface area contributed by atoms with Crippen LogP contribution in [0.5, 0.6) is 0 Å². The van der Waals surface area contributed by atoms with E-state index >= 15 is 0 Å². The van der Waals surface area contributed by atoms with E-state index in [1.54, 1.807) is 6.92 Å². The third kappa shape index (κ3) is 2.80. The number of Topliss-reactive ketones (excluding diaryl/α,β-unsaturated/α-hetero) is 2. The lowest BCUT2D eigenvalue weighted by molar-refractivity contribution is -0.139. The monoisotopic (exact) mass is 158 g/mol. The van der Waals surface area contributed by atoms with Gasteiger partial charge in [-0.2, -0.15) is 0 Å². The summed E-state index contributed by atoms with van der Waals surface area (Å²) >= 11 is 0. The summed E-state index contributed by atoms with van der Waals surface area (Å²) in [5.74, 6) is -1.47. The molecule has 2 atom stereocenters. The Labute approximate surface area is 66.4 Å². The van der Waals surface area contributed by atoms with Gasteiger partial charge in [0.1, 0.15) is 0 Å². The highest BCUT2D eigenvalue weighted by atomic mass is 16.3. The molecule has 0 saturated carbocycles. The van der Waals surface area contributed by atoms with Gasteiger partial charge in [0.05, 0.1) is 12.0 Å². The number of hydrogen-bond acceptors (Lipinski definition) is 3. The number of carbonyl (C=O) groups excluding carboxylic acids is 2. The molecule has 2 unspecified atom stereocenters. The van der Waals surface area contributed by atoms with Crippen LogP contribution in [-0.4, -0.2) is 22.8 Å². The number of carbonyl (C=O) groups is 2. The van der Waals surface area contributed by atoms with Crippen molar-refractivity contribution >= 4 is 11.6 Å². The molecule has 0 aliphatic rings. The van der Waals surface area contributed by atoms with E-state index in [2.05, 4.69) is 0 Å². The van der Waals surface area contributed by atoms with Crippen molar-refractivity contribution in [2.24, 2.45) is 5.92 Å². The van der Waals surface area contributed by atoms with Gasteiger partial charge in [-0.3, -0.25) is 9.59 Å². The van der Waals surface area contributed by atoms with E-state index in [1.165, 1.54) is 13.8 Å². The highest BCUT2D eigenvalue weighted by molar-refractivity contribution is 6.37. The Hall–Kier alpha value is -0.700. The second-order valence-electron chi connectivity index (χ2n) is 2.68. The van der Waals surface area contributed by atoms with Crippen molar-refractivity contribution in [3.05, 3.63) is 0 Å². The maximum atomic E-state index is 11.0. The van der Waals surface area contributed by atoms with Gasteiger partial charge in [0, 0.05) is 6.92 Å². The summed E-state index contributed by atoms with van der Waals surface area (Å²) in [5, 5.41) is 9.06. The number of hydrogen-bond donors (Lipinski definition) is 1. The van der Waals surface area contributed by atoms with Crippen LogP contribution in [0.2, 0.25) is 0 Å². The minimum atomic E-state index is -0.726. The Bertz CT molecular complexity index is 161. The zero-order chi connectivity index (χ0) is 9.02. The molecule has 64 valence electrons. The maximum Gasteiger partial charge on any atom is 0.203 e. The van der Waals surface area contributed by atoms with Crippen molar-refractivity contribution in [3.63, 3.8) is 0 Å². The van der Waals surface area contributed by atoms with Crippen LogP contribution in [0.25, 0.3) is 0 Å². The summed E-state index contributed by atoms with van der Waals surface area (Å²) in [6, 6.07) is 0. The molecule has 0 radical (unpaired) electrons. The molecule has 0 spiro atoms. The van der Waals surface area contributed by atoms with Crippen LogP contribution in [0, 0.1) is 5.92 Å². The van der Waals surface area contributed by atoms with Gasteiger partial charge in [0.2, 0.25) is 5.78 Å². The van der Waals surface area contributed by atoms with Crippen molar-refractivity contribution in [3.8, 4) is 0 Å². The fourth-order valence-corrected chi connectivity index (χ4v) is 1.01. The van der Waals surface area contributed by atoms with Crippen molar-refractivity contribution in [2.75, 3.05) is 0 Å². The third-order valence-electron chi connectivity index (χ3n) is 1.71. The van der Waals surface area contributed by atoms with Crippen LogP contribution in [0.1, 0.15) is 27.2 Å². The minimum absolute atomic E-state index is 0.470. The molecule has 0 bridgehead atoms. The van der Waals surface area contributed by atoms with Crippen LogP contribution in [-0.2, 0) is 9.59 Å². The third-order valence-corrected chi connectivity index (χ3v) is 1.71. The van der Waals surface area contributed by atoms with Gasteiger partial charge >= 0.3 is 0 Å². The lowest BCUT2D eigenvalue weighted by Gasteiger charge is -2.13. The van der Waals surface area contributed by atoms with Gasteiger partial charge in [-0.1, -0.05) is 6.92 Å². The molecule has 0 fully saturated rings.